The maximum atomic E-state index is 13.6. The number of imidazole rings is 1. The van der Waals surface area contributed by atoms with Crippen molar-refractivity contribution in [3.8, 4) is 6.07 Å². The van der Waals surface area contributed by atoms with E-state index in [9.17, 15) is 4.39 Å². The van der Waals surface area contributed by atoms with Crippen molar-refractivity contribution in [1.82, 2.24) is 9.55 Å². The van der Waals surface area contributed by atoms with Gasteiger partial charge in [0.15, 0.2) is 0 Å². The SMILES string of the molecule is N#Cc1c(F)cccc1NCc1nccn1Cc1ccccc1. The van der Waals surface area contributed by atoms with Gasteiger partial charge in [-0.05, 0) is 17.7 Å². The summed E-state index contributed by atoms with van der Waals surface area (Å²) >= 11 is 0. The van der Waals surface area contributed by atoms with Crippen LogP contribution >= 0.6 is 0 Å². The first-order chi connectivity index (χ1) is 11.3. The summed E-state index contributed by atoms with van der Waals surface area (Å²) in [6, 6.07) is 16.5. The molecule has 0 saturated heterocycles. The fraction of sp³-hybridized carbons (Fsp3) is 0.111. The van der Waals surface area contributed by atoms with E-state index in [-0.39, 0.29) is 5.56 Å². The lowest BCUT2D eigenvalue weighted by Crippen LogP contribution is -2.10. The van der Waals surface area contributed by atoms with E-state index < -0.39 is 5.82 Å². The maximum absolute atomic E-state index is 13.6. The number of hydrogen-bond acceptors (Lipinski definition) is 3. The molecular formula is C18H15FN4. The Morgan fingerprint density at radius 3 is 2.74 bits per heavy atom. The normalized spacial score (nSPS) is 10.3. The highest BCUT2D eigenvalue weighted by Gasteiger charge is 2.09. The highest BCUT2D eigenvalue weighted by Crippen LogP contribution is 2.18. The van der Waals surface area contributed by atoms with E-state index >= 15 is 0 Å². The van der Waals surface area contributed by atoms with Crippen LogP contribution in [0.3, 0.4) is 0 Å². The van der Waals surface area contributed by atoms with E-state index in [1.165, 1.54) is 11.6 Å². The summed E-state index contributed by atoms with van der Waals surface area (Å²) in [5.41, 5.74) is 1.67. The van der Waals surface area contributed by atoms with Gasteiger partial charge in [0, 0.05) is 18.9 Å². The van der Waals surface area contributed by atoms with Crippen LogP contribution in [0.15, 0.2) is 60.9 Å². The van der Waals surface area contributed by atoms with Crippen molar-refractivity contribution in [3.05, 3.63) is 83.7 Å². The van der Waals surface area contributed by atoms with E-state index in [2.05, 4.69) is 22.4 Å². The van der Waals surface area contributed by atoms with Crippen LogP contribution in [-0.2, 0) is 13.1 Å². The molecule has 2 aromatic carbocycles. The molecule has 0 atom stereocenters. The molecule has 0 aliphatic carbocycles. The summed E-state index contributed by atoms with van der Waals surface area (Å²) in [5.74, 6) is 0.298. The van der Waals surface area contributed by atoms with Crippen LogP contribution in [0.4, 0.5) is 10.1 Å². The molecular weight excluding hydrogens is 291 g/mol. The van der Waals surface area contributed by atoms with Gasteiger partial charge in [-0.25, -0.2) is 9.37 Å². The van der Waals surface area contributed by atoms with Crippen molar-refractivity contribution in [3.63, 3.8) is 0 Å². The fourth-order valence-electron chi connectivity index (χ4n) is 2.39. The molecule has 3 aromatic rings. The van der Waals surface area contributed by atoms with E-state index in [1.807, 2.05) is 35.0 Å². The first-order valence-corrected chi connectivity index (χ1v) is 7.24. The third-order valence-corrected chi connectivity index (χ3v) is 3.56. The average molecular weight is 306 g/mol. The molecule has 0 spiro atoms. The Kier molecular flexibility index (Phi) is 4.34. The summed E-state index contributed by atoms with van der Waals surface area (Å²) in [5, 5.41) is 12.1. The van der Waals surface area contributed by atoms with Crippen molar-refractivity contribution in [2.24, 2.45) is 0 Å². The second kappa shape index (κ2) is 6.75. The highest BCUT2D eigenvalue weighted by molar-refractivity contribution is 5.57. The minimum Gasteiger partial charge on any atom is -0.377 e. The number of hydrogen-bond donors (Lipinski definition) is 1. The Balaban J connectivity index is 1.74. The highest BCUT2D eigenvalue weighted by atomic mass is 19.1. The minimum atomic E-state index is -0.523. The number of halogens is 1. The lowest BCUT2D eigenvalue weighted by Gasteiger charge is -2.11. The quantitative estimate of drug-likeness (QED) is 0.784. The first-order valence-electron chi connectivity index (χ1n) is 7.24. The van der Waals surface area contributed by atoms with E-state index in [0.717, 1.165) is 5.82 Å². The molecule has 1 aromatic heterocycles. The van der Waals surface area contributed by atoms with Crippen LogP contribution in [0.5, 0.6) is 0 Å². The van der Waals surface area contributed by atoms with Gasteiger partial charge in [-0.2, -0.15) is 5.26 Å². The predicted molar refractivity (Wildman–Crippen MR) is 86.2 cm³/mol. The molecule has 0 bridgehead atoms. The van der Waals surface area contributed by atoms with Crippen molar-refractivity contribution >= 4 is 5.69 Å². The number of benzene rings is 2. The molecule has 114 valence electrons. The fourth-order valence-corrected chi connectivity index (χ4v) is 2.39. The average Bonchev–Trinajstić information content (AvgIpc) is 3.01. The van der Waals surface area contributed by atoms with Gasteiger partial charge in [-0.15, -0.1) is 0 Å². The van der Waals surface area contributed by atoms with Gasteiger partial charge >= 0.3 is 0 Å². The molecule has 4 nitrogen and oxygen atoms in total. The Morgan fingerprint density at radius 2 is 1.96 bits per heavy atom. The van der Waals surface area contributed by atoms with Crippen LogP contribution in [0.1, 0.15) is 17.0 Å². The molecule has 0 amide bonds. The Morgan fingerprint density at radius 1 is 1.13 bits per heavy atom. The second-order valence-corrected chi connectivity index (χ2v) is 5.08. The minimum absolute atomic E-state index is 0.0219. The van der Waals surface area contributed by atoms with E-state index in [4.69, 9.17) is 5.26 Å². The van der Waals surface area contributed by atoms with Gasteiger partial charge in [0.05, 0.1) is 12.2 Å². The monoisotopic (exact) mass is 306 g/mol. The smallest absolute Gasteiger partial charge is 0.143 e. The van der Waals surface area contributed by atoms with Crippen LogP contribution in [0.25, 0.3) is 0 Å². The van der Waals surface area contributed by atoms with Crippen molar-refractivity contribution < 1.29 is 4.39 Å². The lowest BCUT2D eigenvalue weighted by atomic mass is 10.2. The first kappa shape index (κ1) is 14.8. The van der Waals surface area contributed by atoms with E-state index in [1.54, 1.807) is 18.3 Å². The third-order valence-electron chi connectivity index (χ3n) is 3.56. The number of aromatic nitrogens is 2. The number of nitrogens with zero attached hydrogens (tertiary/aromatic N) is 3. The molecule has 23 heavy (non-hydrogen) atoms. The lowest BCUT2D eigenvalue weighted by molar-refractivity contribution is 0.624. The van der Waals surface area contributed by atoms with Gasteiger partial charge in [0.25, 0.3) is 0 Å². The van der Waals surface area contributed by atoms with Crippen molar-refractivity contribution in [2.45, 2.75) is 13.1 Å². The molecule has 1 N–H and O–H groups in total. The zero-order chi connectivity index (χ0) is 16.1. The number of nitrogens with one attached hydrogen (secondary N) is 1. The van der Waals surface area contributed by atoms with Crippen LogP contribution in [0.2, 0.25) is 0 Å². The molecule has 0 fully saturated rings. The van der Waals surface area contributed by atoms with Crippen molar-refractivity contribution in [1.29, 1.82) is 5.26 Å². The van der Waals surface area contributed by atoms with Crippen molar-refractivity contribution in [2.75, 3.05) is 5.32 Å². The van der Waals surface area contributed by atoms with Gasteiger partial charge in [0.1, 0.15) is 23.3 Å². The summed E-state index contributed by atoms with van der Waals surface area (Å²) in [6.45, 7) is 1.13. The Labute approximate surface area is 133 Å². The summed E-state index contributed by atoms with van der Waals surface area (Å²) in [6.07, 6.45) is 3.64. The second-order valence-electron chi connectivity index (χ2n) is 5.08. The van der Waals surface area contributed by atoms with Crippen LogP contribution in [-0.4, -0.2) is 9.55 Å². The largest absolute Gasteiger partial charge is 0.377 e. The topological polar surface area (TPSA) is 53.6 Å². The Bertz CT molecular complexity index is 834. The van der Waals surface area contributed by atoms with Gasteiger partial charge in [-0.1, -0.05) is 36.4 Å². The summed E-state index contributed by atoms with van der Waals surface area (Å²) in [7, 11) is 0. The van der Waals surface area contributed by atoms with Crippen LogP contribution in [0, 0.1) is 17.1 Å². The number of anilines is 1. The molecule has 1 heterocycles. The third kappa shape index (κ3) is 3.38. The molecule has 0 unspecified atom stereocenters. The maximum Gasteiger partial charge on any atom is 0.143 e. The van der Waals surface area contributed by atoms with Gasteiger partial charge in [-0.3, -0.25) is 0 Å². The molecule has 0 aliphatic rings. The van der Waals surface area contributed by atoms with E-state index in [0.29, 0.717) is 18.8 Å². The standard InChI is InChI=1S/C18H15FN4/c19-16-7-4-8-17(15(16)11-20)22-12-18-21-9-10-23(18)13-14-5-2-1-3-6-14/h1-10,22H,12-13H2. The molecule has 5 heteroatoms. The summed E-state index contributed by atoms with van der Waals surface area (Å²) in [4.78, 5) is 4.33. The predicted octanol–water partition coefficient (Wildman–Crippen LogP) is 3.55. The Hall–Kier alpha value is -3.13. The van der Waals surface area contributed by atoms with Gasteiger partial charge < -0.3 is 9.88 Å². The molecule has 0 aliphatic heterocycles. The van der Waals surface area contributed by atoms with Gasteiger partial charge in [0.2, 0.25) is 0 Å². The number of nitriles is 1. The zero-order valence-electron chi connectivity index (χ0n) is 12.4. The van der Waals surface area contributed by atoms with Crippen LogP contribution < -0.4 is 5.32 Å². The zero-order valence-corrected chi connectivity index (χ0v) is 12.4. The molecule has 0 saturated carbocycles. The number of rotatable bonds is 5. The molecule has 3 rings (SSSR count). The summed E-state index contributed by atoms with van der Waals surface area (Å²) < 4.78 is 15.6. The molecule has 0 radical (unpaired) electrons.